The minimum atomic E-state index is -0.568. The fraction of sp³-hybridized carbons (Fsp3) is 0.500. The zero-order valence-electron chi connectivity index (χ0n) is 10.8. The highest BCUT2D eigenvalue weighted by Crippen LogP contribution is 2.21. The fourth-order valence-corrected chi connectivity index (χ4v) is 2.36. The number of aliphatic hydroxyl groups excluding tert-OH is 1. The highest BCUT2D eigenvalue weighted by molar-refractivity contribution is 5.79. The van der Waals surface area contributed by atoms with Gasteiger partial charge in [-0.25, -0.2) is 8.78 Å². The molecule has 1 aliphatic heterocycles. The standard InChI is InChI=1S/C14H17F2NO2/c1-9(18)10-4-5-17(8-10)14(19)7-11-6-12(15)2-3-13(11)16/h2-3,6,9-10,18H,4-5,7-8H2,1H3. The fourth-order valence-electron chi connectivity index (χ4n) is 2.36. The van der Waals surface area contributed by atoms with Gasteiger partial charge in [-0.15, -0.1) is 0 Å². The van der Waals surface area contributed by atoms with Crippen LogP contribution in [0.15, 0.2) is 18.2 Å². The van der Waals surface area contributed by atoms with Crippen molar-refractivity contribution in [1.82, 2.24) is 4.90 Å². The molecular weight excluding hydrogens is 252 g/mol. The Labute approximate surface area is 110 Å². The molecule has 1 heterocycles. The van der Waals surface area contributed by atoms with Crippen molar-refractivity contribution in [3.05, 3.63) is 35.4 Å². The molecule has 1 N–H and O–H groups in total. The smallest absolute Gasteiger partial charge is 0.227 e. The molecule has 0 aromatic heterocycles. The molecule has 1 aromatic carbocycles. The van der Waals surface area contributed by atoms with Crippen LogP contribution in [0, 0.1) is 17.6 Å². The number of likely N-dealkylation sites (tertiary alicyclic amines) is 1. The Morgan fingerprint density at radius 1 is 1.53 bits per heavy atom. The Balaban J connectivity index is 2.00. The predicted molar refractivity (Wildman–Crippen MR) is 66.4 cm³/mol. The average molecular weight is 269 g/mol. The number of aliphatic hydroxyl groups is 1. The van der Waals surface area contributed by atoms with Gasteiger partial charge < -0.3 is 10.0 Å². The van der Waals surface area contributed by atoms with Crippen LogP contribution >= 0.6 is 0 Å². The topological polar surface area (TPSA) is 40.5 Å². The molecule has 5 heteroatoms. The molecular formula is C14H17F2NO2. The van der Waals surface area contributed by atoms with E-state index in [1.54, 1.807) is 11.8 Å². The van der Waals surface area contributed by atoms with E-state index in [0.717, 1.165) is 24.6 Å². The predicted octanol–water partition coefficient (Wildman–Crippen LogP) is 1.74. The maximum Gasteiger partial charge on any atom is 0.227 e. The van der Waals surface area contributed by atoms with Crippen LogP contribution in [0.5, 0.6) is 0 Å². The Hall–Kier alpha value is -1.49. The maximum atomic E-state index is 13.4. The van der Waals surface area contributed by atoms with E-state index >= 15 is 0 Å². The van der Waals surface area contributed by atoms with E-state index < -0.39 is 17.7 Å². The first-order valence-electron chi connectivity index (χ1n) is 6.37. The number of hydrogen-bond acceptors (Lipinski definition) is 2. The third-order valence-corrected chi connectivity index (χ3v) is 3.61. The molecule has 0 saturated carbocycles. The summed E-state index contributed by atoms with van der Waals surface area (Å²) in [6.07, 6.45) is 0.147. The second-order valence-electron chi connectivity index (χ2n) is 5.04. The van der Waals surface area contributed by atoms with E-state index in [-0.39, 0.29) is 23.8 Å². The lowest BCUT2D eigenvalue weighted by atomic mass is 10.0. The van der Waals surface area contributed by atoms with E-state index in [1.807, 2.05) is 0 Å². The first kappa shape index (κ1) is 13.9. The van der Waals surface area contributed by atoms with Crippen molar-refractivity contribution in [2.24, 2.45) is 5.92 Å². The Kier molecular flexibility index (Phi) is 4.14. The second-order valence-corrected chi connectivity index (χ2v) is 5.04. The van der Waals surface area contributed by atoms with E-state index in [0.29, 0.717) is 13.1 Å². The molecule has 0 aliphatic carbocycles. The summed E-state index contributed by atoms with van der Waals surface area (Å²) in [7, 11) is 0. The molecule has 1 fully saturated rings. The molecule has 1 amide bonds. The van der Waals surface area contributed by atoms with Crippen molar-refractivity contribution in [2.45, 2.75) is 25.9 Å². The van der Waals surface area contributed by atoms with Crippen molar-refractivity contribution in [2.75, 3.05) is 13.1 Å². The van der Waals surface area contributed by atoms with Crippen molar-refractivity contribution in [1.29, 1.82) is 0 Å². The molecule has 0 spiro atoms. The molecule has 0 radical (unpaired) electrons. The first-order valence-corrected chi connectivity index (χ1v) is 6.37. The van der Waals surface area contributed by atoms with Crippen molar-refractivity contribution in [3.63, 3.8) is 0 Å². The number of hydrogen-bond donors (Lipinski definition) is 1. The number of halogens is 2. The van der Waals surface area contributed by atoms with Gasteiger partial charge in [0.05, 0.1) is 12.5 Å². The number of carbonyl (C=O) groups excluding carboxylic acids is 1. The molecule has 2 rings (SSSR count). The average Bonchev–Trinajstić information content (AvgIpc) is 2.83. The molecule has 104 valence electrons. The molecule has 2 unspecified atom stereocenters. The quantitative estimate of drug-likeness (QED) is 0.908. The number of amides is 1. The van der Waals surface area contributed by atoms with Crippen LogP contribution in [0.25, 0.3) is 0 Å². The Bertz CT molecular complexity index is 477. The van der Waals surface area contributed by atoms with Crippen LogP contribution in [0.2, 0.25) is 0 Å². The summed E-state index contributed by atoms with van der Waals surface area (Å²) >= 11 is 0. The highest BCUT2D eigenvalue weighted by Gasteiger charge is 2.29. The van der Waals surface area contributed by atoms with Gasteiger partial charge in [-0.1, -0.05) is 0 Å². The highest BCUT2D eigenvalue weighted by atomic mass is 19.1. The summed E-state index contributed by atoms with van der Waals surface area (Å²) < 4.78 is 26.5. The minimum Gasteiger partial charge on any atom is -0.393 e. The Morgan fingerprint density at radius 3 is 2.89 bits per heavy atom. The zero-order chi connectivity index (χ0) is 14.0. The van der Waals surface area contributed by atoms with Gasteiger partial charge in [0.15, 0.2) is 0 Å². The van der Waals surface area contributed by atoms with E-state index in [4.69, 9.17) is 0 Å². The van der Waals surface area contributed by atoms with E-state index in [9.17, 15) is 18.7 Å². The van der Waals surface area contributed by atoms with Crippen molar-refractivity contribution in [3.8, 4) is 0 Å². The van der Waals surface area contributed by atoms with Crippen LogP contribution in [0.4, 0.5) is 8.78 Å². The molecule has 0 bridgehead atoms. The van der Waals surface area contributed by atoms with Crippen LogP contribution in [0.1, 0.15) is 18.9 Å². The number of carbonyl (C=O) groups is 1. The molecule has 1 aromatic rings. The number of nitrogens with zero attached hydrogens (tertiary/aromatic N) is 1. The van der Waals surface area contributed by atoms with Gasteiger partial charge in [0.25, 0.3) is 0 Å². The van der Waals surface area contributed by atoms with Gasteiger partial charge in [0.2, 0.25) is 5.91 Å². The monoisotopic (exact) mass is 269 g/mol. The SMILES string of the molecule is CC(O)C1CCN(C(=O)Cc2cc(F)ccc2F)C1. The minimum absolute atomic E-state index is 0.0707. The lowest BCUT2D eigenvalue weighted by Crippen LogP contribution is -2.31. The van der Waals surface area contributed by atoms with Crippen LogP contribution in [-0.4, -0.2) is 35.1 Å². The lowest BCUT2D eigenvalue weighted by Gasteiger charge is -2.18. The van der Waals surface area contributed by atoms with Gasteiger partial charge in [-0.2, -0.15) is 0 Å². The summed E-state index contributed by atoms with van der Waals surface area (Å²) in [6, 6.07) is 3.11. The van der Waals surface area contributed by atoms with E-state index in [1.165, 1.54) is 0 Å². The van der Waals surface area contributed by atoms with Crippen molar-refractivity contribution < 1.29 is 18.7 Å². The number of rotatable bonds is 3. The van der Waals surface area contributed by atoms with Crippen LogP contribution in [0.3, 0.4) is 0 Å². The Morgan fingerprint density at radius 2 is 2.26 bits per heavy atom. The van der Waals surface area contributed by atoms with Gasteiger partial charge in [-0.3, -0.25) is 4.79 Å². The molecule has 1 saturated heterocycles. The summed E-state index contributed by atoms with van der Waals surface area (Å²) in [5.74, 6) is -1.28. The molecule has 2 atom stereocenters. The van der Waals surface area contributed by atoms with Gasteiger partial charge in [0.1, 0.15) is 11.6 Å². The van der Waals surface area contributed by atoms with Crippen molar-refractivity contribution >= 4 is 5.91 Å². The van der Waals surface area contributed by atoms with Gasteiger partial charge >= 0.3 is 0 Å². The number of benzene rings is 1. The summed E-state index contributed by atoms with van der Waals surface area (Å²) in [5, 5.41) is 9.47. The summed E-state index contributed by atoms with van der Waals surface area (Å²) in [6.45, 7) is 2.74. The first-order chi connectivity index (χ1) is 8.97. The second kappa shape index (κ2) is 5.65. The molecule has 1 aliphatic rings. The third kappa shape index (κ3) is 3.29. The normalized spacial score (nSPS) is 20.6. The summed E-state index contributed by atoms with van der Waals surface area (Å²) in [5.41, 5.74) is 0.0745. The van der Waals surface area contributed by atoms with Gasteiger partial charge in [0, 0.05) is 24.6 Å². The molecule has 19 heavy (non-hydrogen) atoms. The largest absolute Gasteiger partial charge is 0.393 e. The van der Waals surface area contributed by atoms with Crippen LogP contribution in [-0.2, 0) is 11.2 Å². The summed E-state index contributed by atoms with van der Waals surface area (Å²) in [4.78, 5) is 13.6. The lowest BCUT2D eigenvalue weighted by molar-refractivity contribution is -0.129. The zero-order valence-corrected chi connectivity index (χ0v) is 10.8. The maximum absolute atomic E-state index is 13.4. The molecule has 3 nitrogen and oxygen atoms in total. The van der Waals surface area contributed by atoms with E-state index in [2.05, 4.69) is 0 Å². The third-order valence-electron chi connectivity index (χ3n) is 3.61. The van der Waals surface area contributed by atoms with Gasteiger partial charge in [-0.05, 0) is 31.5 Å². The van der Waals surface area contributed by atoms with Crippen LogP contribution < -0.4 is 0 Å².